The molecule has 8 heteroatoms. The molecule has 1 N–H and O–H groups in total. The molecule has 0 radical (unpaired) electrons. The van der Waals surface area contributed by atoms with Crippen LogP contribution in [0.2, 0.25) is 0 Å². The van der Waals surface area contributed by atoms with Gasteiger partial charge < -0.3 is 19.5 Å². The molecule has 2 aromatic heterocycles. The fraction of sp³-hybridized carbons (Fsp3) is 0.419. The molecule has 1 saturated heterocycles. The summed E-state index contributed by atoms with van der Waals surface area (Å²) in [5.74, 6) is -0.191. The molecule has 0 bridgehead atoms. The van der Waals surface area contributed by atoms with Crippen LogP contribution < -0.4 is 14.4 Å². The molecule has 0 spiro atoms. The summed E-state index contributed by atoms with van der Waals surface area (Å²) in [4.78, 5) is 11.6. The summed E-state index contributed by atoms with van der Waals surface area (Å²) in [7, 11) is 0. The first-order chi connectivity index (χ1) is 18.9. The van der Waals surface area contributed by atoms with E-state index < -0.39 is 5.82 Å². The molecule has 4 aromatic rings. The fourth-order valence-corrected chi connectivity index (χ4v) is 5.91. The summed E-state index contributed by atoms with van der Waals surface area (Å²) in [6.45, 7) is 7.64. The van der Waals surface area contributed by atoms with Crippen LogP contribution in [0.1, 0.15) is 52.0 Å². The van der Waals surface area contributed by atoms with Crippen molar-refractivity contribution in [3.63, 3.8) is 0 Å². The van der Waals surface area contributed by atoms with E-state index in [1.165, 1.54) is 12.1 Å². The highest BCUT2D eigenvalue weighted by Gasteiger charge is 2.32. The average Bonchev–Trinajstić information content (AvgIpc) is 3.23. The zero-order valence-electron chi connectivity index (χ0n) is 22.6. The number of fused-ring (bicyclic) bond motifs is 3. The van der Waals surface area contributed by atoms with Crippen LogP contribution in [0, 0.1) is 17.6 Å². The van der Waals surface area contributed by atoms with Gasteiger partial charge in [0.25, 0.3) is 0 Å². The number of pyridine rings is 2. The zero-order chi connectivity index (χ0) is 27.3. The number of hydrogen-bond donors (Lipinski definition) is 1. The van der Waals surface area contributed by atoms with Gasteiger partial charge in [0.15, 0.2) is 5.82 Å². The first kappa shape index (κ1) is 25.6. The molecule has 2 aromatic carbocycles. The Morgan fingerprint density at radius 1 is 1.10 bits per heavy atom. The summed E-state index contributed by atoms with van der Waals surface area (Å²) in [5, 5.41) is 12.2. The summed E-state index contributed by atoms with van der Waals surface area (Å²) >= 11 is 0. The molecule has 0 saturated carbocycles. The van der Waals surface area contributed by atoms with Crippen LogP contribution in [-0.2, 0) is 6.42 Å². The van der Waals surface area contributed by atoms with Gasteiger partial charge in [0.1, 0.15) is 29.4 Å². The summed E-state index contributed by atoms with van der Waals surface area (Å²) in [6.07, 6.45) is 4.63. The van der Waals surface area contributed by atoms with E-state index in [0.29, 0.717) is 58.7 Å². The van der Waals surface area contributed by atoms with E-state index in [0.717, 1.165) is 37.9 Å². The molecule has 0 aliphatic carbocycles. The van der Waals surface area contributed by atoms with Crippen LogP contribution in [0.25, 0.3) is 32.9 Å². The molecule has 6 nitrogen and oxygen atoms in total. The number of aromatic hydroxyl groups is 1. The smallest absolute Gasteiger partial charge is 0.225 e. The standard InChI is InChI=1S/C31H33F2N3O3/c1-4-21-23(32)10-9-18-12-20(37)13-22(26(18)21)29-28(33)30-27-24(14-25(34-30)38-15-17(2)3)36-11-7-5-6-8-19(36)16-39-31(27)35-29/h9-10,12-14,17,19,37H,4-8,11,15-16H2,1-3H3. The highest BCUT2D eigenvalue weighted by Crippen LogP contribution is 2.45. The van der Waals surface area contributed by atoms with Crippen molar-refractivity contribution < 1.29 is 23.4 Å². The van der Waals surface area contributed by atoms with Crippen molar-refractivity contribution in [3.05, 3.63) is 47.5 Å². The van der Waals surface area contributed by atoms with Gasteiger partial charge in [-0.25, -0.2) is 18.7 Å². The number of rotatable bonds is 5. The van der Waals surface area contributed by atoms with Crippen LogP contribution in [0.4, 0.5) is 14.5 Å². The maximum atomic E-state index is 16.7. The number of hydrogen-bond acceptors (Lipinski definition) is 6. The first-order valence-electron chi connectivity index (χ1n) is 13.9. The Bertz CT molecular complexity index is 1570. The van der Waals surface area contributed by atoms with Gasteiger partial charge in [0.2, 0.25) is 11.8 Å². The predicted octanol–water partition coefficient (Wildman–Crippen LogP) is 7.17. The predicted molar refractivity (Wildman–Crippen MR) is 149 cm³/mol. The minimum absolute atomic E-state index is 0.0322. The van der Waals surface area contributed by atoms with Gasteiger partial charge in [-0.2, -0.15) is 0 Å². The maximum absolute atomic E-state index is 16.7. The van der Waals surface area contributed by atoms with E-state index in [1.807, 2.05) is 26.8 Å². The van der Waals surface area contributed by atoms with Crippen LogP contribution in [-0.4, -0.2) is 40.9 Å². The van der Waals surface area contributed by atoms with Crippen LogP contribution >= 0.6 is 0 Å². The lowest BCUT2D eigenvalue weighted by Crippen LogP contribution is -2.38. The normalized spacial score (nSPS) is 17.2. The molecule has 1 atom stereocenters. The van der Waals surface area contributed by atoms with E-state index >= 15 is 4.39 Å². The van der Waals surface area contributed by atoms with Crippen molar-refractivity contribution in [1.29, 1.82) is 0 Å². The second kappa shape index (κ2) is 10.1. The highest BCUT2D eigenvalue weighted by molar-refractivity contribution is 6.04. The molecule has 2 aliphatic rings. The maximum Gasteiger partial charge on any atom is 0.225 e. The van der Waals surface area contributed by atoms with E-state index in [-0.39, 0.29) is 34.7 Å². The Labute approximate surface area is 226 Å². The molecule has 6 rings (SSSR count). The number of ether oxygens (including phenoxy) is 2. The molecule has 39 heavy (non-hydrogen) atoms. The number of benzene rings is 2. The van der Waals surface area contributed by atoms with Gasteiger partial charge >= 0.3 is 0 Å². The molecule has 4 heterocycles. The van der Waals surface area contributed by atoms with Crippen LogP contribution in [0.5, 0.6) is 17.5 Å². The molecule has 204 valence electrons. The molecule has 0 amide bonds. The van der Waals surface area contributed by atoms with E-state index in [1.54, 1.807) is 12.1 Å². The minimum atomic E-state index is -0.653. The lowest BCUT2D eigenvalue weighted by Gasteiger charge is -2.30. The number of aryl methyl sites for hydroxylation is 1. The summed E-state index contributed by atoms with van der Waals surface area (Å²) in [6, 6.07) is 7.96. The topological polar surface area (TPSA) is 67.7 Å². The molecule has 1 unspecified atom stereocenters. The van der Waals surface area contributed by atoms with Crippen molar-refractivity contribution in [2.45, 2.75) is 58.9 Å². The van der Waals surface area contributed by atoms with E-state index in [4.69, 9.17) is 14.5 Å². The molecular weight excluding hydrogens is 500 g/mol. The van der Waals surface area contributed by atoms with E-state index in [2.05, 4.69) is 9.88 Å². The van der Waals surface area contributed by atoms with Crippen LogP contribution in [0.15, 0.2) is 30.3 Å². The third-order valence-corrected chi connectivity index (χ3v) is 7.74. The number of phenols is 1. The summed E-state index contributed by atoms with van der Waals surface area (Å²) < 4.78 is 43.9. The largest absolute Gasteiger partial charge is 0.508 e. The lowest BCUT2D eigenvalue weighted by molar-refractivity contribution is 0.262. The molecular formula is C31H33F2N3O3. The number of anilines is 1. The van der Waals surface area contributed by atoms with Crippen molar-refractivity contribution in [1.82, 2.24) is 9.97 Å². The minimum Gasteiger partial charge on any atom is -0.508 e. The first-order valence-corrected chi connectivity index (χ1v) is 13.9. The van der Waals surface area contributed by atoms with Gasteiger partial charge in [-0.3, -0.25) is 0 Å². The Hall–Kier alpha value is -3.68. The summed E-state index contributed by atoms with van der Waals surface area (Å²) in [5.41, 5.74) is 1.62. The third kappa shape index (κ3) is 4.49. The Morgan fingerprint density at radius 3 is 2.74 bits per heavy atom. The number of halogens is 2. The van der Waals surface area contributed by atoms with Crippen molar-refractivity contribution in [2.75, 3.05) is 24.7 Å². The third-order valence-electron chi connectivity index (χ3n) is 7.74. The van der Waals surface area contributed by atoms with Gasteiger partial charge in [0.05, 0.1) is 23.7 Å². The van der Waals surface area contributed by atoms with Gasteiger partial charge in [-0.1, -0.05) is 39.7 Å². The van der Waals surface area contributed by atoms with Crippen LogP contribution in [0.3, 0.4) is 0 Å². The van der Waals surface area contributed by atoms with Crippen molar-refractivity contribution in [2.24, 2.45) is 5.92 Å². The fourth-order valence-electron chi connectivity index (χ4n) is 5.91. The average molecular weight is 534 g/mol. The quantitative estimate of drug-likeness (QED) is 0.293. The van der Waals surface area contributed by atoms with Gasteiger partial charge in [-0.05, 0) is 59.7 Å². The molecule has 2 aliphatic heterocycles. The number of aromatic nitrogens is 2. The Kier molecular flexibility index (Phi) is 6.65. The lowest BCUT2D eigenvalue weighted by atomic mass is 9.94. The zero-order valence-corrected chi connectivity index (χ0v) is 22.6. The number of nitrogens with zero attached hydrogens (tertiary/aromatic N) is 3. The second-order valence-electron chi connectivity index (χ2n) is 11.0. The van der Waals surface area contributed by atoms with Gasteiger partial charge in [0, 0.05) is 18.2 Å². The number of phenolic OH excluding ortho intramolecular Hbond substituents is 1. The monoisotopic (exact) mass is 533 g/mol. The highest BCUT2D eigenvalue weighted by atomic mass is 19.1. The van der Waals surface area contributed by atoms with Crippen molar-refractivity contribution >= 4 is 27.4 Å². The van der Waals surface area contributed by atoms with Crippen molar-refractivity contribution in [3.8, 4) is 28.8 Å². The Morgan fingerprint density at radius 2 is 1.95 bits per heavy atom. The van der Waals surface area contributed by atoms with E-state index in [9.17, 15) is 9.50 Å². The van der Waals surface area contributed by atoms with Gasteiger partial charge in [-0.15, -0.1) is 0 Å². The second-order valence-corrected chi connectivity index (χ2v) is 11.0. The molecule has 1 fully saturated rings. The SMILES string of the molecule is CCc1c(F)ccc2cc(O)cc(-c3nc4c5c(cc(OCC(C)C)nc5c3F)N3CCCCCC3CO4)c12. The Balaban J connectivity index is 1.65.